The first-order chi connectivity index (χ1) is 5.37. The van der Waals surface area contributed by atoms with Crippen LogP contribution in [0.15, 0.2) is 0 Å². The van der Waals surface area contributed by atoms with E-state index in [0.717, 1.165) is 0 Å². The maximum atomic E-state index is 11.1. The average molecular weight is 174 g/mol. The highest BCUT2D eigenvalue weighted by Crippen LogP contribution is 2.13. The summed E-state index contributed by atoms with van der Waals surface area (Å²) >= 11 is 0. The third kappa shape index (κ3) is 5.13. The molecule has 0 aliphatic carbocycles. The van der Waals surface area contributed by atoms with Crippen LogP contribution in [-0.2, 0) is 14.3 Å². The number of esters is 1. The van der Waals surface area contributed by atoms with Crippen molar-refractivity contribution in [2.75, 3.05) is 7.11 Å². The van der Waals surface area contributed by atoms with Gasteiger partial charge in [0.15, 0.2) is 0 Å². The fourth-order valence-corrected chi connectivity index (χ4v) is 0.724. The van der Waals surface area contributed by atoms with E-state index in [9.17, 15) is 4.79 Å². The molecule has 3 heteroatoms. The highest BCUT2D eigenvalue weighted by atomic mass is 16.5. The summed E-state index contributed by atoms with van der Waals surface area (Å²) in [4.78, 5) is 11.1. The Hall–Kier alpha value is -0.570. The van der Waals surface area contributed by atoms with E-state index in [1.807, 2.05) is 27.7 Å². The van der Waals surface area contributed by atoms with Gasteiger partial charge in [-0.1, -0.05) is 0 Å². The number of methoxy groups -OCH3 is 1. The van der Waals surface area contributed by atoms with Crippen LogP contribution >= 0.6 is 0 Å². The van der Waals surface area contributed by atoms with Crippen LogP contribution in [0, 0.1) is 0 Å². The Morgan fingerprint density at radius 3 is 2.25 bits per heavy atom. The van der Waals surface area contributed by atoms with E-state index in [1.54, 1.807) is 7.11 Å². The Morgan fingerprint density at radius 2 is 1.92 bits per heavy atom. The summed E-state index contributed by atoms with van der Waals surface area (Å²) in [5.41, 5.74) is -0.425. The van der Waals surface area contributed by atoms with Gasteiger partial charge in [-0.15, -0.1) is 0 Å². The normalized spacial score (nSPS) is 11.8. The predicted octanol–water partition coefficient (Wildman–Crippen LogP) is 1.75. The second-order valence-electron chi connectivity index (χ2n) is 3.68. The molecule has 0 bridgehead atoms. The molecule has 0 aromatic rings. The van der Waals surface area contributed by atoms with Crippen molar-refractivity contribution in [3.8, 4) is 0 Å². The van der Waals surface area contributed by atoms with Gasteiger partial charge in [0.25, 0.3) is 0 Å². The first-order valence-corrected chi connectivity index (χ1v) is 4.12. The van der Waals surface area contributed by atoms with Gasteiger partial charge in [-0.05, 0) is 27.7 Å². The van der Waals surface area contributed by atoms with Crippen molar-refractivity contribution in [3.63, 3.8) is 0 Å². The molecular weight excluding hydrogens is 156 g/mol. The van der Waals surface area contributed by atoms with Crippen molar-refractivity contribution in [2.45, 2.75) is 45.8 Å². The average Bonchev–Trinajstić information content (AvgIpc) is 1.84. The molecule has 12 heavy (non-hydrogen) atoms. The van der Waals surface area contributed by atoms with E-state index in [-0.39, 0.29) is 12.1 Å². The summed E-state index contributed by atoms with van der Waals surface area (Å²) in [6, 6.07) is 0. The molecule has 0 saturated heterocycles. The highest BCUT2D eigenvalue weighted by molar-refractivity contribution is 5.70. The van der Waals surface area contributed by atoms with Gasteiger partial charge in [0.2, 0.25) is 0 Å². The third-order valence-electron chi connectivity index (χ3n) is 1.49. The first-order valence-electron chi connectivity index (χ1n) is 4.12. The first kappa shape index (κ1) is 11.4. The van der Waals surface area contributed by atoms with Crippen LogP contribution in [0.2, 0.25) is 0 Å². The number of rotatable bonds is 4. The lowest BCUT2D eigenvalue weighted by molar-refractivity contribution is -0.152. The molecule has 0 spiro atoms. The molecular formula is C9H18O3. The summed E-state index contributed by atoms with van der Waals surface area (Å²) in [7, 11) is 1.59. The molecule has 3 nitrogen and oxygen atoms in total. The third-order valence-corrected chi connectivity index (χ3v) is 1.49. The maximum Gasteiger partial charge on any atom is 0.308 e. The van der Waals surface area contributed by atoms with Crippen LogP contribution in [-0.4, -0.2) is 24.8 Å². The fraction of sp³-hybridized carbons (Fsp3) is 0.889. The summed E-state index contributed by atoms with van der Waals surface area (Å²) in [5.74, 6) is -0.211. The zero-order chi connectivity index (χ0) is 9.78. The van der Waals surface area contributed by atoms with Gasteiger partial charge in [0, 0.05) is 7.11 Å². The smallest absolute Gasteiger partial charge is 0.308 e. The second kappa shape index (κ2) is 4.45. The quantitative estimate of drug-likeness (QED) is 0.609. The van der Waals surface area contributed by atoms with Gasteiger partial charge in [-0.2, -0.15) is 0 Å². The minimum absolute atomic E-state index is 0.0508. The zero-order valence-electron chi connectivity index (χ0n) is 8.51. The van der Waals surface area contributed by atoms with Crippen molar-refractivity contribution < 1.29 is 14.3 Å². The van der Waals surface area contributed by atoms with Crippen LogP contribution in [0.1, 0.15) is 34.1 Å². The summed E-state index contributed by atoms with van der Waals surface area (Å²) in [6.07, 6.45) is 0.243. The van der Waals surface area contributed by atoms with Crippen LogP contribution in [0.3, 0.4) is 0 Å². The van der Waals surface area contributed by atoms with Gasteiger partial charge >= 0.3 is 5.97 Å². The molecule has 0 rings (SSSR count). The molecule has 0 aliphatic heterocycles. The lowest BCUT2D eigenvalue weighted by Gasteiger charge is -2.22. The van der Waals surface area contributed by atoms with Gasteiger partial charge in [0.1, 0.15) is 0 Å². The molecule has 0 aliphatic rings. The van der Waals surface area contributed by atoms with E-state index in [4.69, 9.17) is 9.47 Å². The van der Waals surface area contributed by atoms with Crippen molar-refractivity contribution in [3.05, 3.63) is 0 Å². The Labute approximate surface area is 74.0 Å². The zero-order valence-corrected chi connectivity index (χ0v) is 8.51. The van der Waals surface area contributed by atoms with E-state index >= 15 is 0 Å². The minimum Gasteiger partial charge on any atom is -0.463 e. The van der Waals surface area contributed by atoms with Gasteiger partial charge in [-0.3, -0.25) is 4.79 Å². The topological polar surface area (TPSA) is 35.5 Å². The molecule has 0 saturated carbocycles. The lowest BCUT2D eigenvalue weighted by Crippen LogP contribution is -2.28. The largest absolute Gasteiger partial charge is 0.463 e. The molecule has 0 fully saturated rings. The molecule has 0 heterocycles. The molecule has 72 valence electrons. The van der Waals surface area contributed by atoms with E-state index in [2.05, 4.69) is 0 Å². The van der Waals surface area contributed by atoms with E-state index < -0.39 is 5.60 Å². The van der Waals surface area contributed by atoms with Crippen molar-refractivity contribution in [2.24, 2.45) is 0 Å². The van der Waals surface area contributed by atoms with Gasteiger partial charge in [-0.25, -0.2) is 0 Å². The molecule has 0 aromatic heterocycles. The Balaban J connectivity index is 3.84. The summed E-state index contributed by atoms with van der Waals surface area (Å²) in [5, 5.41) is 0. The van der Waals surface area contributed by atoms with Crippen LogP contribution in [0.5, 0.6) is 0 Å². The fourth-order valence-electron chi connectivity index (χ4n) is 0.724. The minimum atomic E-state index is -0.425. The van der Waals surface area contributed by atoms with Crippen molar-refractivity contribution in [1.29, 1.82) is 0 Å². The molecule has 0 N–H and O–H groups in total. The highest BCUT2D eigenvalue weighted by Gasteiger charge is 2.22. The molecule has 0 amide bonds. The Bertz CT molecular complexity index is 150. The van der Waals surface area contributed by atoms with Crippen LogP contribution < -0.4 is 0 Å². The molecule has 0 aromatic carbocycles. The SMILES string of the molecule is COC(C)(C)CC(=O)OC(C)C. The van der Waals surface area contributed by atoms with Gasteiger partial charge < -0.3 is 9.47 Å². The van der Waals surface area contributed by atoms with Crippen LogP contribution in [0.4, 0.5) is 0 Å². The number of carbonyl (C=O) groups excluding carboxylic acids is 1. The molecule has 0 radical (unpaired) electrons. The van der Waals surface area contributed by atoms with Crippen molar-refractivity contribution >= 4 is 5.97 Å². The predicted molar refractivity (Wildman–Crippen MR) is 46.9 cm³/mol. The number of ether oxygens (including phenoxy) is 2. The molecule has 0 atom stereocenters. The second-order valence-corrected chi connectivity index (χ2v) is 3.68. The lowest BCUT2D eigenvalue weighted by atomic mass is 10.1. The number of hydrogen-bond donors (Lipinski definition) is 0. The van der Waals surface area contributed by atoms with Crippen LogP contribution in [0.25, 0.3) is 0 Å². The van der Waals surface area contributed by atoms with Gasteiger partial charge in [0.05, 0.1) is 18.1 Å². The number of hydrogen-bond acceptors (Lipinski definition) is 3. The van der Waals surface area contributed by atoms with Crippen molar-refractivity contribution in [1.82, 2.24) is 0 Å². The Kier molecular flexibility index (Phi) is 4.24. The maximum absolute atomic E-state index is 11.1. The molecule has 0 unspecified atom stereocenters. The Morgan fingerprint density at radius 1 is 1.42 bits per heavy atom. The monoisotopic (exact) mass is 174 g/mol. The van der Waals surface area contributed by atoms with E-state index in [0.29, 0.717) is 6.42 Å². The number of carbonyl (C=O) groups is 1. The van der Waals surface area contributed by atoms with E-state index in [1.165, 1.54) is 0 Å². The standard InChI is InChI=1S/C9H18O3/c1-7(2)12-8(10)6-9(3,4)11-5/h7H,6H2,1-5H3. The summed E-state index contributed by atoms with van der Waals surface area (Å²) < 4.78 is 10.1. The summed E-state index contributed by atoms with van der Waals surface area (Å²) in [6.45, 7) is 7.37.